The molecule has 0 amide bonds. The van der Waals surface area contributed by atoms with Crippen LogP contribution in [0.4, 0.5) is 0 Å². The first-order valence-corrected chi connectivity index (χ1v) is 4.65. The monoisotopic (exact) mass is 170 g/mol. The summed E-state index contributed by atoms with van der Waals surface area (Å²) in [5.74, 6) is 0.903. The summed E-state index contributed by atoms with van der Waals surface area (Å²) in [6.45, 7) is 2.80. The smallest absolute Gasteiger partial charge is 0.217 e. The molecule has 2 nitrogen and oxygen atoms in total. The van der Waals surface area contributed by atoms with Crippen LogP contribution >= 0.6 is 11.3 Å². The predicted octanol–water partition coefficient (Wildman–Crippen LogP) is 2.30. The van der Waals surface area contributed by atoms with Crippen molar-refractivity contribution in [2.24, 2.45) is 0 Å². The van der Waals surface area contributed by atoms with Crippen molar-refractivity contribution in [1.82, 2.24) is 0 Å². The standard InChI is InChI=1S/C8H10O2S/c1-2-6-5-9-7-3-4-11-8(7)10-6/h3-4,6H,2,5H2,1H3. The van der Waals surface area contributed by atoms with Crippen LogP contribution in [0.25, 0.3) is 0 Å². The number of fused-ring (bicyclic) bond motifs is 1. The number of hydrogen-bond donors (Lipinski definition) is 0. The van der Waals surface area contributed by atoms with E-state index < -0.39 is 0 Å². The van der Waals surface area contributed by atoms with Crippen molar-refractivity contribution >= 4 is 11.3 Å². The van der Waals surface area contributed by atoms with Gasteiger partial charge in [0.1, 0.15) is 12.7 Å². The zero-order chi connectivity index (χ0) is 7.68. The van der Waals surface area contributed by atoms with Crippen LogP contribution in [0.1, 0.15) is 13.3 Å². The van der Waals surface area contributed by atoms with Gasteiger partial charge in [0, 0.05) is 0 Å². The van der Waals surface area contributed by atoms with Crippen LogP contribution < -0.4 is 9.47 Å². The van der Waals surface area contributed by atoms with Gasteiger partial charge in [-0.3, -0.25) is 0 Å². The molecule has 0 N–H and O–H groups in total. The maximum Gasteiger partial charge on any atom is 0.217 e. The lowest BCUT2D eigenvalue weighted by Crippen LogP contribution is -2.27. The van der Waals surface area contributed by atoms with Gasteiger partial charge in [-0.05, 0) is 17.9 Å². The SMILES string of the molecule is CCC1COc2ccsc2O1. The van der Waals surface area contributed by atoms with Gasteiger partial charge in [-0.1, -0.05) is 6.92 Å². The van der Waals surface area contributed by atoms with Gasteiger partial charge in [-0.15, -0.1) is 11.3 Å². The van der Waals surface area contributed by atoms with Gasteiger partial charge in [-0.25, -0.2) is 0 Å². The molecule has 0 bridgehead atoms. The van der Waals surface area contributed by atoms with Crippen molar-refractivity contribution in [2.45, 2.75) is 19.4 Å². The number of rotatable bonds is 1. The summed E-state index contributed by atoms with van der Waals surface area (Å²) in [6, 6.07) is 1.95. The maximum atomic E-state index is 5.61. The highest BCUT2D eigenvalue weighted by molar-refractivity contribution is 7.12. The van der Waals surface area contributed by atoms with E-state index in [2.05, 4.69) is 6.92 Å². The third-order valence-corrected chi connectivity index (χ3v) is 2.53. The summed E-state index contributed by atoms with van der Waals surface area (Å²) in [5, 5.41) is 2.92. The predicted molar refractivity (Wildman–Crippen MR) is 44.5 cm³/mol. The lowest BCUT2D eigenvalue weighted by Gasteiger charge is -2.22. The molecule has 60 valence electrons. The number of ether oxygens (including phenoxy) is 2. The van der Waals surface area contributed by atoms with Crippen molar-refractivity contribution < 1.29 is 9.47 Å². The first-order valence-electron chi connectivity index (χ1n) is 3.77. The molecule has 0 spiro atoms. The average Bonchev–Trinajstić information content (AvgIpc) is 2.50. The number of thiophene rings is 1. The minimum absolute atomic E-state index is 0.251. The molecule has 11 heavy (non-hydrogen) atoms. The summed E-state index contributed by atoms with van der Waals surface area (Å²) in [5.41, 5.74) is 0. The first-order chi connectivity index (χ1) is 5.40. The normalized spacial score (nSPS) is 21.7. The van der Waals surface area contributed by atoms with Crippen LogP contribution in [0.5, 0.6) is 10.8 Å². The van der Waals surface area contributed by atoms with Crippen LogP contribution in [0.15, 0.2) is 11.4 Å². The highest BCUT2D eigenvalue weighted by Crippen LogP contribution is 2.37. The Kier molecular flexibility index (Phi) is 1.74. The molecule has 0 radical (unpaired) electrons. The largest absolute Gasteiger partial charge is 0.485 e. The Morgan fingerprint density at radius 3 is 3.45 bits per heavy atom. The molecule has 1 atom stereocenters. The fourth-order valence-electron chi connectivity index (χ4n) is 1.05. The summed E-state index contributed by atoms with van der Waals surface area (Å²) >= 11 is 1.60. The zero-order valence-corrected chi connectivity index (χ0v) is 7.19. The minimum atomic E-state index is 0.251. The second-order valence-corrected chi connectivity index (χ2v) is 3.41. The molecule has 1 aromatic heterocycles. The topological polar surface area (TPSA) is 18.5 Å². The molecule has 0 fully saturated rings. The molecule has 1 aliphatic rings. The van der Waals surface area contributed by atoms with Crippen molar-refractivity contribution in [3.8, 4) is 10.8 Å². The van der Waals surface area contributed by atoms with E-state index in [0.717, 1.165) is 17.2 Å². The molecule has 0 aliphatic carbocycles. The zero-order valence-electron chi connectivity index (χ0n) is 6.37. The van der Waals surface area contributed by atoms with Crippen molar-refractivity contribution in [1.29, 1.82) is 0 Å². The van der Waals surface area contributed by atoms with Gasteiger partial charge in [0.15, 0.2) is 5.75 Å². The third-order valence-electron chi connectivity index (χ3n) is 1.75. The Labute approximate surface area is 69.8 Å². The van der Waals surface area contributed by atoms with Crippen molar-refractivity contribution in [3.63, 3.8) is 0 Å². The van der Waals surface area contributed by atoms with E-state index in [4.69, 9.17) is 9.47 Å². The van der Waals surface area contributed by atoms with E-state index in [9.17, 15) is 0 Å². The highest BCUT2D eigenvalue weighted by atomic mass is 32.1. The molecular weight excluding hydrogens is 160 g/mol. The first kappa shape index (κ1) is 6.98. The van der Waals surface area contributed by atoms with E-state index in [1.807, 2.05) is 11.4 Å². The molecule has 1 aromatic rings. The maximum absolute atomic E-state index is 5.61. The second kappa shape index (κ2) is 2.74. The van der Waals surface area contributed by atoms with Gasteiger partial charge in [0.05, 0.1) is 0 Å². The van der Waals surface area contributed by atoms with Crippen LogP contribution in [0.2, 0.25) is 0 Å². The molecule has 3 heteroatoms. The molecular formula is C8H10O2S. The Bertz CT molecular complexity index is 244. The lowest BCUT2D eigenvalue weighted by atomic mass is 10.3. The lowest BCUT2D eigenvalue weighted by molar-refractivity contribution is 0.0939. The van der Waals surface area contributed by atoms with E-state index >= 15 is 0 Å². The molecule has 0 aromatic carbocycles. The molecule has 2 heterocycles. The Balaban J connectivity index is 2.18. The average molecular weight is 170 g/mol. The van der Waals surface area contributed by atoms with Gasteiger partial charge < -0.3 is 9.47 Å². The van der Waals surface area contributed by atoms with E-state index in [1.165, 1.54) is 0 Å². The summed E-state index contributed by atoms with van der Waals surface area (Å²) in [6.07, 6.45) is 1.26. The highest BCUT2D eigenvalue weighted by Gasteiger charge is 2.19. The van der Waals surface area contributed by atoms with Crippen LogP contribution in [-0.4, -0.2) is 12.7 Å². The van der Waals surface area contributed by atoms with E-state index in [1.54, 1.807) is 11.3 Å². The molecule has 1 unspecified atom stereocenters. The molecule has 0 saturated heterocycles. The van der Waals surface area contributed by atoms with Crippen LogP contribution in [0, 0.1) is 0 Å². The third kappa shape index (κ3) is 1.20. The molecule has 0 saturated carbocycles. The summed E-state index contributed by atoms with van der Waals surface area (Å²) in [7, 11) is 0. The fourth-order valence-corrected chi connectivity index (χ4v) is 1.80. The van der Waals surface area contributed by atoms with Gasteiger partial charge >= 0.3 is 0 Å². The van der Waals surface area contributed by atoms with Crippen LogP contribution in [0.3, 0.4) is 0 Å². The summed E-state index contributed by atoms with van der Waals surface area (Å²) in [4.78, 5) is 0. The molecule has 2 rings (SSSR count). The van der Waals surface area contributed by atoms with Crippen molar-refractivity contribution in [3.05, 3.63) is 11.4 Å². The van der Waals surface area contributed by atoms with Crippen LogP contribution in [-0.2, 0) is 0 Å². The Morgan fingerprint density at radius 1 is 1.73 bits per heavy atom. The fraction of sp³-hybridized carbons (Fsp3) is 0.500. The Morgan fingerprint density at radius 2 is 2.64 bits per heavy atom. The van der Waals surface area contributed by atoms with Gasteiger partial charge in [-0.2, -0.15) is 0 Å². The van der Waals surface area contributed by atoms with Crippen molar-refractivity contribution in [2.75, 3.05) is 6.61 Å². The second-order valence-electron chi connectivity index (χ2n) is 2.53. The van der Waals surface area contributed by atoms with Gasteiger partial charge in [0.2, 0.25) is 5.06 Å². The van der Waals surface area contributed by atoms with Gasteiger partial charge in [0.25, 0.3) is 0 Å². The molecule has 1 aliphatic heterocycles. The summed E-state index contributed by atoms with van der Waals surface area (Å²) < 4.78 is 11.1. The van der Waals surface area contributed by atoms with E-state index in [0.29, 0.717) is 6.61 Å². The Hall–Kier alpha value is -0.700. The quantitative estimate of drug-likeness (QED) is 0.643. The number of hydrogen-bond acceptors (Lipinski definition) is 3. The van der Waals surface area contributed by atoms with E-state index in [-0.39, 0.29) is 6.10 Å². The minimum Gasteiger partial charge on any atom is -0.485 e.